The van der Waals surface area contributed by atoms with Gasteiger partial charge >= 0.3 is 0 Å². The van der Waals surface area contributed by atoms with Crippen LogP contribution in [-0.4, -0.2) is 26.3 Å². The van der Waals surface area contributed by atoms with Crippen molar-refractivity contribution < 1.29 is 4.74 Å². The lowest BCUT2D eigenvalue weighted by Crippen LogP contribution is -2.17. The molecule has 2 nitrogen and oxygen atoms in total. The summed E-state index contributed by atoms with van der Waals surface area (Å²) >= 11 is 0. The maximum atomic E-state index is 5.35. The number of unbranched alkanes of at least 4 members (excludes halogenated alkanes) is 1. The fourth-order valence-corrected chi connectivity index (χ4v) is 0.972. The van der Waals surface area contributed by atoms with Crippen molar-refractivity contribution in [1.29, 1.82) is 0 Å². The van der Waals surface area contributed by atoms with E-state index < -0.39 is 0 Å². The Balaban J connectivity index is 2.73. The first-order valence-corrected chi connectivity index (χ1v) is 5.20. The molecule has 0 saturated carbocycles. The van der Waals surface area contributed by atoms with E-state index in [0.717, 1.165) is 39.1 Å². The van der Waals surface area contributed by atoms with E-state index in [2.05, 4.69) is 19.2 Å². The number of ether oxygens (including phenoxy) is 1. The Morgan fingerprint density at radius 1 is 0.917 bits per heavy atom. The zero-order chi connectivity index (χ0) is 9.07. The highest BCUT2D eigenvalue weighted by atomic mass is 16.5. The molecule has 2 heteroatoms. The summed E-state index contributed by atoms with van der Waals surface area (Å²) in [4.78, 5) is 0. The highest BCUT2D eigenvalue weighted by molar-refractivity contribution is 4.46. The quantitative estimate of drug-likeness (QED) is 0.540. The predicted octanol–water partition coefficient (Wildman–Crippen LogP) is 2.19. The maximum Gasteiger partial charge on any atom is 0.0478 e. The fraction of sp³-hybridized carbons (Fsp3) is 1.00. The molecule has 0 aromatic heterocycles. The number of rotatable bonds is 9. The van der Waals surface area contributed by atoms with Crippen molar-refractivity contribution in [2.24, 2.45) is 0 Å². The van der Waals surface area contributed by atoms with E-state index in [4.69, 9.17) is 4.74 Å². The molecule has 0 spiro atoms. The van der Waals surface area contributed by atoms with Crippen molar-refractivity contribution in [3.8, 4) is 0 Å². The van der Waals surface area contributed by atoms with Crippen molar-refractivity contribution in [1.82, 2.24) is 5.32 Å². The Morgan fingerprint density at radius 3 is 2.33 bits per heavy atom. The first-order chi connectivity index (χ1) is 5.91. The Hall–Kier alpha value is -0.0800. The molecule has 1 N–H and O–H groups in total. The SMILES string of the molecule is CCCCNCCCOCCC. The van der Waals surface area contributed by atoms with Crippen LogP contribution in [-0.2, 0) is 4.74 Å². The van der Waals surface area contributed by atoms with Crippen LogP contribution in [0.5, 0.6) is 0 Å². The van der Waals surface area contributed by atoms with Crippen LogP contribution in [0.25, 0.3) is 0 Å². The lowest BCUT2D eigenvalue weighted by Gasteiger charge is -2.03. The van der Waals surface area contributed by atoms with Crippen LogP contribution >= 0.6 is 0 Å². The van der Waals surface area contributed by atoms with Gasteiger partial charge in [0.15, 0.2) is 0 Å². The zero-order valence-corrected chi connectivity index (χ0v) is 8.57. The summed E-state index contributed by atoms with van der Waals surface area (Å²) < 4.78 is 5.35. The molecule has 0 aliphatic carbocycles. The summed E-state index contributed by atoms with van der Waals surface area (Å²) in [5.74, 6) is 0. The van der Waals surface area contributed by atoms with E-state index in [1.54, 1.807) is 0 Å². The van der Waals surface area contributed by atoms with Gasteiger partial charge in [0.25, 0.3) is 0 Å². The van der Waals surface area contributed by atoms with E-state index in [-0.39, 0.29) is 0 Å². The van der Waals surface area contributed by atoms with Gasteiger partial charge in [0.2, 0.25) is 0 Å². The lowest BCUT2D eigenvalue weighted by molar-refractivity contribution is 0.132. The minimum Gasteiger partial charge on any atom is -0.381 e. The standard InChI is InChI=1S/C10H23NO/c1-3-5-7-11-8-6-10-12-9-4-2/h11H,3-10H2,1-2H3. The number of nitrogens with one attached hydrogen (secondary N) is 1. The number of hydrogen-bond acceptors (Lipinski definition) is 2. The minimum absolute atomic E-state index is 0.910. The van der Waals surface area contributed by atoms with E-state index in [1.807, 2.05) is 0 Å². The highest BCUT2D eigenvalue weighted by Gasteiger charge is 1.88. The van der Waals surface area contributed by atoms with Gasteiger partial charge < -0.3 is 10.1 Å². The normalized spacial score (nSPS) is 10.5. The second-order valence-electron chi connectivity index (χ2n) is 3.07. The molecule has 0 saturated heterocycles. The van der Waals surface area contributed by atoms with Crippen LogP contribution in [0.2, 0.25) is 0 Å². The maximum absolute atomic E-state index is 5.35. The Kier molecular flexibility index (Phi) is 10.8. The van der Waals surface area contributed by atoms with Crippen LogP contribution in [0.15, 0.2) is 0 Å². The average Bonchev–Trinajstić information content (AvgIpc) is 2.10. The molecule has 0 amide bonds. The summed E-state index contributed by atoms with van der Waals surface area (Å²) in [6, 6.07) is 0. The van der Waals surface area contributed by atoms with E-state index in [1.165, 1.54) is 12.8 Å². The monoisotopic (exact) mass is 173 g/mol. The summed E-state index contributed by atoms with van der Waals surface area (Å²) in [7, 11) is 0. The van der Waals surface area contributed by atoms with Crippen LogP contribution in [0.1, 0.15) is 39.5 Å². The van der Waals surface area contributed by atoms with Gasteiger partial charge in [-0.1, -0.05) is 20.3 Å². The van der Waals surface area contributed by atoms with Crippen molar-refractivity contribution >= 4 is 0 Å². The second-order valence-corrected chi connectivity index (χ2v) is 3.07. The molecule has 0 aliphatic rings. The molecule has 0 atom stereocenters. The Morgan fingerprint density at radius 2 is 1.67 bits per heavy atom. The summed E-state index contributed by atoms with van der Waals surface area (Å²) in [5, 5.41) is 3.38. The molecule has 0 rings (SSSR count). The third-order valence-electron chi connectivity index (χ3n) is 1.70. The average molecular weight is 173 g/mol. The third-order valence-corrected chi connectivity index (χ3v) is 1.70. The Labute approximate surface area is 76.7 Å². The van der Waals surface area contributed by atoms with Crippen molar-refractivity contribution in [2.45, 2.75) is 39.5 Å². The van der Waals surface area contributed by atoms with Gasteiger partial charge in [-0.25, -0.2) is 0 Å². The molecule has 0 aromatic rings. The van der Waals surface area contributed by atoms with Crippen LogP contribution in [0.3, 0.4) is 0 Å². The van der Waals surface area contributed by atoms with E-state index in [0.29, 0.717) is 0 Å². The molecule has 0 heterocycles. The third kappa shape index (κ3) is 9.92. The summed E-state index contributed by atoms with van der Waals surface area (Å²) in [5.41, 5.74) is 0. The second kappa shape index (κ2) is 10.9. The first kappa shape index (κ1) is 11.9. The molecule has 0 unspecified atom stereocenters. The molecule has 0 fully saturated rings. The fourth-order valence-electron chi connectivity index (χ4n) is 0.972. The van der Waals surface area contributed by atoms with Gasteiger partial charge in [0, 0.05) is 13.2 Å². The molecular weight excluding hydrogens is 150 g/mol. The van der Waals surface area contributed by atoms with Gasteiger partial charge in [-0.2, -0.15) is 0 Å². The van der Waals surface area contributed by atoms with Gasteiger partial charge in [-0.05, 0) is 32.4 Å². The summed E-state index contributed by atoms with van der Waals surface area (Å²) in [6.45, 7) is 8.43. The van der Waals surface area contributed by atoms with Gasteiger partial charge in [-0.15, -0.1) is 0 Å². The predicted molar refractivity (Wildman–Crippen MR) is 53.5 cm³/mol. The van der Waals surface area contributed by atoms with E-state index >= 15 is 0 Å². The molecular formula is C10H23NO. The number of hydrogen-bond donors (Lipinski definition) is 1. The van der Waals surface area contributed by atoms with Crippen molar-refractivity contribution in [3.63, 3.8) is 0 Å². The molecule has 74 valence electrons. The highest BCUT2D eigenvalue weighted by Crippen LogP contribution is 1.85. The van der Waals surface area contributed by atoms with Crippen LogP contribution in [0, 0.1) is 0 Å². The van der Waals surface area contributed by atoms with Gasteiger partial charge in [0.1, 0.15) is 0 Å². The molecule has 0 aliphatic heterocycles. The Bertz CT molecular complexity index is 66.2. The smallest absolute Gasteiger partial charge is 0.0478 e. The minimum atomic E-state index is 0.910. The lowest BCUT2D eigenvalue weighted by atomic mass is 10.3. The largest absolute Gasteiger partial charge is 0.381 e. The van der Waals surface area contributed by atoms with E-state index in [9.17, 15) is 0 Å². The van der Waals surface area contributed by atoms with Crippen LogP contribution < -0.4 is 5.32 Å². The van der Waals surface area contributed by atoms with Crippen molar-refractivity contribution in [2.75, 3.05) is 26.3 Å². The van der Waals surface area contributed by atoms with Crippen LogP contribution in [0.4, 0.5) is 0 Å². The zero-order valence-electron chi connectivity index (χ0n) is 8.57. The van der Waals surface area contributed by atoms with Gasteiger partial charge in [-0.3, -0.25) is 0 Å². The molecule has 0 bridgehead atoms. The molecule has 12 heavy (non-hydrogen) atoms. The topological polar surface area (TPSA) is 21.3 Å². The summed E-state index contributed by atoms with van der Waals surface area (Å²) in [6.07, 6.45) is 4.84. The first-order valence-electron chi connectivity index (χ1n) is 5.20. The molecule has 0 radical (unpaired) electrons. The van der Waals surface area contributed by atoms with Crippen molar-refractivity contribution in [3.05, 3.63) is 0 Å². The molecule has 0 aromatic carbocycles. The van der Waals surface area contributed by atoms with Gasteiger partial charge in [0.05, 0.1) is 0 Å².